The average molecular weight is 475 g/mol. The van der Waals surface area contributed by atoms with Gasteiger partial charge in [0.05, 0.1) is 30.6 Å². The molecule has 0 aliphatic carbocycles. The van der Waals surface area contributed by atoms with Crippen LogP contribution in [-0.4, -0.2) is 35.2 Å². The van der Waals surface area contributed by atoms with E-state index in [4.69, 9.17) is 4.74 Å². The molecule has 30 heavy (non-hydrogen) atoms. The van der Waals surface area contributed by atoms with Gasteiger partial charge in [0, 0.05) is 23.6 Å². The van der Waals surface area contributed by atoms with Crippen molar-refractivity contribution >= 4 is 27.7 Å². The van der Waals surface area contributed by atoms with Crippen molar-refractivity contribution in [2.24, 2.45) is 0 Å². The lowest BCUT2D eigenvalue weighted by molar-refractivity contribution is -0.121. The van der Waals surface area contributed by atoms with E-state index >= 15 is 0 Å². The van der Waals surface area contributed by atoms with Gasteiger partial charge in [-0.2, -0.15) is 5.10 Å². The molecule has 0 spiro atoms. The molecule has 7 nitrogen and oxygen atoms in total. The molecule has 0 bridgehead atoms. The molecule has 1 aromatic heterocycles. The molecule has 0 atom stereocenters. The van der Waals surface area contributed by atoms with Crippen LogP contribution in [0.15, 0.2) is 59.2 Å². The van der Waals surface area contributed by atoms with Gasteiger partial charge in [0.2, 0.25) is 5.91 Å². The van der Waals surface area contributed by atoms with Crippen LogP contribution < -0.4 is 15.4 Å². The summed E-state index contributed by atoms with van der Waals surface area (Å²) in [4.78, 5) is 24.1. The molecule has 2 N–H and O–H groups in total. The third-order valence-corrected chi connectivity index (χ3v) is 4.95. The van der Waals surface area contributed by atoms with Crippen molar-refractivity contribution in [2.45, 2.75) is 13.0 Å². The molecule has 0 saturated heterocycles. The van der Waals surface area contributed by atoms with E-state index in [0.717, 1.165) is 17.5 Å². The van der Waals surface area contributed by atoms with Gasteiger partial charge in [0.15, 0.2) is 0 Å². The van der Waals surface area contributed by atoms with E-state index in [0.29, 0.717) is 10.2 Å². The minimum Gasteiger partial charge on any atom is -0.497 e. The van der Waals surface area contributed by atoms with Crippen molar-refractivity contribution < 1.29 is 18.7 Å². The van der Waals surface area contributed by atoms with Crippen molar-refractivity contribution in [3.05, 3.63) is 76.3 Å². The maximum Gasteiger partial charge on any atom is 0.252 e. The lowest BCUT2D eigenvalue weighted by Gasteiger charge is -2.07. The first kappa shape index (κ1) is 21.5. The number of amides is 2. The Morgan fingerprint density at radius 3 is 2.63 bits per heavy atom. The van der Waals surface area contributed by atoms with Crippen LogP contribution in [0.4, 0.5) is 4.39 Å². The van der Waals surface area contributed by atoms with Crippen LogP contribution in [0, 0.1) is 5.82 Å². The number of benzene rings is 2. The lowest BCUT2D eigenvalue weighted by atomic mass is 10.2. The molecule has 1 heterocycles. The number of hydrogen-bond donors (Lipinski definition) is 2. The van der Waals surface area contributed by atoms with Crippen LogP contribution in [0.3, 0.4) is 0 Å². The third kappa shape index (κ3) is 5.66. The van der Waals surface area contributed by atoms with Gasteiger partial charge >= 0.3 is 0 Å². The predicted octanol–water partition coefficient (Wildman–Crippen LogP) is 3.22. The molecule has 2 aromatic carbocycles. The first-order chi connectivity index (χ1) is 14.5. The number of halogens is 2. The van der Waals surface area contributed by atoms with Crippen molar-refractivity contribution in [1.82, 2.24) is 20.4 Å². The van der Waals surface area contributed by atoms with Crippen molar-refractivity contribution in [3.8, 4) is 11.4 Å². The summed E-state index contributed by atoms with van der Waals surface area (Å²) in [6, 6.07) is 13.1. The Balaban J connectivity index is 1.44. The summed E-state index contributed by atoms with van der Waals surface area (Å²) in [5, 5.41) is 9.79. The van der Waals surface area contributed by atoms with Crippen molar-refractivity contribution in [3.63, 3.8) is 0 Å². The molecule has 0 unspecified atom stereocenters. The Kier molecular flexibility index (Phi) is 7.18. The summed E-state index contributed by atoms with van der Waals surface area (Å²) in [6.07, 6.45) is 1.90. The van der Waals surface area contributed by atoms with Crippen LogP contribution in [0.5, 0.6) is 5.75 Å². The molecule has 0 aliphatic rings. The second-order valence-corrected chi connectivity index (χ2v) is 7.21. The fourth-order valence-electron chi connectivity index (χ4n) is 2.67. The number of methoxy groups -OCH3 is 1. The fraction of sp³-hybridized carbons (Fsp3) is 0.190. The number of hydrogen-bond acceptors (Lipinski definition) is 4. The lowest BCUT2D eigenvalue weighted by Crippen LogP contribution is -2.30. The summed E-state index contributed by atoms with van der Waals surface area (Å²) in [7, 11) is 1.61. The van der Waals surface area contributed by atoms with Crippen LogP contribution in [0.2, 0.25) is 0 Å². The van der Waals surface area contributed by atoms with Gasteiger partial charge in [0.25, 0.3) is 5.91 Å². The van der Waals surface area contributed by atoms with Crippen LogP contribution >= 0.6 is 15.9 Å². The summed E-state index contributed by atoms with van der Waals surface area (Å²) in [5.41, 5.74) is 1.76. The highest BCUT2D eigenvalue weighted by atomic mass is 79.9. The number of carbonyl (C=O) groups is 2. The van der Waals surface area contributed by atoms with E-state index in [2.05, 4.69) is 31.7 Å². The van der Waals surface area contributed by atoms with Gasteiger partial charge < -0.3 is 15.4 Å². The average Bonchev–Trinajstić information content (AvgIpc) is 3.23. The van der Waals surface area contributed by atoms with E-state index < -0.39 is 11.7 Å². The van der Waals surface area contributed by atoms with Crippen molar-refractivity contribution in [1.29, 1.82) is 0 Å². The quantitative estimate of drug-likeness (QED) is 0.524. The number of nitrogens with zero attached hydrogens (tertiary/aromatic N) is 2. The van der Waals surface area contributed by atoms with E-state index in [-0.39, 0.29) is 31.0 Å². The minimum atomic E-state index is -0.504. The summed E-state index contributed by atoms with van der Waals surface area (Å²) >= 11 is 3.21. The minimum absolute atomic E-state index is 0.0951. The topological polar surface area (TPSA) is 85.2 Å². The van der Waals surface area contributed by atoms with Crippen LogP contribution in [-0.2, 0) is 11.3 Å². The first-order valence-electron chi connectivity index (χ1n) is 9.15. The second kappa shape index (κ2) is 10.0. The number of carbonyl (C=O) groups excluding carboxylic acids is 2. The number of ether oxygens (including phenoxy) is 1. The van der Waals surface area contributed by atoms with Gasteiger partial charge in [-0.05, 0) is 64.5 Å². The smallest absolute Gasteiger partial charge is 0.252 e. The van der Waals surface area contributed by atoms with Gasteiger partial charge in [-0.15, -0.1) is 0 Å². The van der Waals surface area contributed by atoms with Gasteiger partial charge in [0.1, 0.15) is 11.6 Å². The van der Waals surface area contributed by atoms with Crippen molar-refractivity contribution in [2.75, 3.05) is 13.7 Å². The van der Waals surface area contributed by atoms with Crippen LogP contribution in [0.1, 0.15) is 22.5 Å². The normalized spacial score (nSPS) is 10.5. The number of aromatic nitrogens is 2. The van der Waals surface area contributed by atoms with E-state index in [1.165, 1.54) is 12.1 Å². The molecular formula is C21H20BrFN4O3. The number of rotatable bonds is 8. The second-order valence-electron chi connectivity index (χ2n) is 6.36. The molecule has 156 valence electrons. The molecule has 9 heteroatoms. The highest BCUT2D eigenvalue weighted by Crippen LogP contribution is 2.17. The molecule has 0 aliphatic heterocycles. The van der Waals surface area contributed by atoms with E-state index in [1.54, 1.807) is 18.0 Å². The molecule has 3 rings (SSSR count). The molecule has 3 aromatic rings. The molecule has 2 amide bonds. The Labute approximate surface area is 181 Å². The Morgan fingerprint density at radius 2 is 1.90 bits per heavy atom. The maximum atomic E-state index is 13.3. The van der Waals surface area contributed by atoms with Crippen LogP contribution in [0.25, 0.3) is 5.69 Å². The summed E-state index contributed by atoms with van der Waals surface area (Å²) in [5.74, 6) is -0.426. The third-order valence-electron chi connectivity index (χ3n) is 4.26. The zero-order valence-corrected chi connectivity index (χ0v) is 17.8. The zero-order chi connectivity index (χ0) is 21.5. The molecular weight excluding hydrogens is 455 g/mol. The maximum absolute atomic E-state index is 13.3. The standard InChI is InChI=1S/C21H20BrFN4O3/c1-30-17-5-3-16(4-6-17)27-11-9-15(26-27)13-25-20(28)8-10-24-21(29)18-12-14(23)2-7-19(18)22/h2-7,9,11-12H,8,10,13H2,1H3,(H,24,29)(H,25,28). The fourth-order valence-corrected chi connectivity index (χ4v) is 3.10. The van der Waals surface area contributed by atoms with Gasteiger partial charge in [-0.1, -0.05) is 0 Å². The highest BCUT2D eigenvalue weighted by Gasteiger charge is 2.12. The Morgan fingerprint density at radius 1 is 1.13 bits per heavy atom. The summed E-state index contributed by atoms with van der Waals surface area (Å²) < 4.78 is 20.6. The SMILES string of the molecule is COc1ccc(-n2ccc(CNC(=O)CCNC(=O)c3cc(F)ccc3Br)n2)cc1. The Bertz CT molecular complexity index is 1040. The Hall–Kier alpha value is -3.20. The van der Waals surface area contributed by atoms with Gasteiger partial charge in [-0.25, -0.2) is 9.07 Å². The highest BCUT2D eigenvalue weighted by molar-refractivity contribution is 9.10. The molecule has 0 saturated carbocycles. The number of nitrogens with one attached hydrogen (secondary N) is 2. The largest absolute Gasteiger partial charge is 0.497 e. The van der Waals surface area contributed by atoms with E-state index in [9.17, 15) is 14.0 Å². The summed E-state index contributed by atoms with van der Waals surface area (Å²) in [6.45, 7) is 0.402. The molecule has 0 fully saturated rings. The first-order valence-corrected chi connectivity index (χ1v) is 9.94. The monoisotopic (exact) mass is 474 g/mol. The predicted molar refractivity (Wildman–Crippen MR) is 113 cm³/mol. The molecule has 0 radical (unpaired) electrons. The van der Waals surface area contributed by atoms with E-state index in [1.807, 2.05) is 30.3 Å². The zero-order valence-electron chi connectivity index (χ0n) is 16.2. The van der Waals surface area contributed by atoms with Gasteiger partial charge in [-0.3, -0.25) is 9.59 Å².